The molecule has 1 atom stereocenters. The molecule has 2 rings (SSSR count). The Balaban J connectivity index is 2.05. The minimum atomic E-state index is -0.690. The molecule has 0 saturated heterocycles. The normalized spacial score (nSPS) is 12.3. The van der Waals surface area contributed by atoms with E-state index in [4.69, 9.17) is 0 Å². The zero-order chi connectivity index (χ0) is 19.0. The monoisotopic (exact) mass is 352 g/mol. The van der Waals surface area contributed by atoms with Gasteiger partial charge in [0.05, 0.1) is 0 Å². The summed E-state index contributed by atoms with van der Waals surface area (Å²) in [6, 6.07) is 18.7. The van der Waals surface area contributed by atoms with Crippen LogP contribution >= 0.6 is 0 Å². The summed E-state index contributed by atoms with van der Waals surface area (Å²) in [5.41, 5.74) is 1.43. The predicted molar refractivity (Wildman–Crippen MR) is 105 cm³/mol. The van der Waals surface area contributed by atoms with Gasteiger partial charge in [0.25, 0.3) is 0 Å². The maximum atomic E-state index is 12.8. The molecule has 4 heteroatoms. The van der Waals surface area contributed by atoms with Crippen LogP contribution in [-0.2, 0) is 16.0 Å². The van der Waals surface area contributed by atoms with Crippen LogP contribution in [0.3, 0.4) is 0 Å². The number of carbonyl (C=O) groups excluding carboxylic acids is 2. The molecular formula is C22H28N2O2. The first kappa shape index (κ1) is 19.7. The van der Waals surface area contributed by atoms with Crippen LogP contribution in [0.2, 0.25) is 0 Å². The average molecular weight is 352 g/mol. The van der Waals surface area contributed by atoms with E-state index < -0.39 is 11.5 Å². The minimum absolute atomic E-state index is 0.118. The molecule has 138 valence electrons. The fourth-order valence-corrected chi connectivity index (χ4v) is 2.51. The molecule has 0 aliphatic rings. The Labute approximate surface area is 156 Å². The zero-order valence-electron chi connectivity index (χ0n) is 15.8. The predicted octanol–water partition coefficient (Wildman–Crippen LogP) is 3.64. The second-order valence-corrected chi connectivity index (χ2v) is 7.08. The third kappa shape index (κ3) is 5.45. The van der Waals surface area contributed by atoms with Crippen molar-refractivity contribution in [3.63, 3.8) is 0 Å². The van der Waals surface area contributed by atoms with Crippen molar-refractivity contribution < 1.29 is 9.59 Å². The van der Waals surface area contributed by atoms with Crippen molar-refractivity contribution in [3.05, 3.63) is 71.8 Å². The van der Waals surface area contributed by atoms with E-state index in [2.05, 4.69) is 10.6 Å². The molecule has 1 unspecified atom stereocenters. The van der Waals surface area contributed by atoms with Crippen LogP contribution in [0.4, 0.5) is 0 Å². The minimum Gasteiger partial charge on any atom is -0.354 e. The molecule has 2 aromatic rings. The molecule has 4 nitrogen and oxygen atoms in total. The Hall–Kier alpha value is -2.62. The molecule has 0 bridgehead atoms. The number of hydrogen-bond donors (Lipinski definition) is 2. The smallest absolute Gasteiger partial charge is 0.247 e. The summed E-state index contributed by atoms with van der Waals surface area (Å²) < 4.78 is 0. The molecule has 0 heterocycles. The lowest BCUT2D eigenvalue weighted by Gasteiger charge is -2.26. The summed E-state index contributed by atoms with van der Waals surface area (Å²) in [5.74, 6) is -0.306. The summed E-state index contributed by atoms with van der Waals surface area (Å²) >= 11 is 0. The maximum Gasteiger partial charge on any atom is 0.247 e. The molecule has 2 aromatic carbocycles. The first-order chi connectivity index (χ1) is 12.4. The molecule has 0 aromatic heterocycles. The van der Waals surface area contributed by atoms with E-state index in [1.165, 1.54) is 5.56 Å². The Bertz CT molecular complexity index is 711. The molecule has 0 aliphatic carbocycles. The number of nitrogens with one attached hydrogen (secondary N) is 2. The Morgan fingerprint density at radius 2 is 1.54 bits per heavy atom. The highest BCUT2D eigenvalue weighted by Gasteiger charge is 2.30. The second-order valence-electron chi connectivity index (χ2n) is 7.08. The van der Waals surface area contributed by atoms with E-state index in [1.807, 2.05) is 81.4 Å². The van der Waals surface area contributed by atoms with Gasteiger partial charge >= 0.3 is 0 Å². The Kier molecular flexibility index (Phi) is 6.96. The van der Waals surface area contributed by atoms with Crippen molar-refractivity contribution >= 4 is 11.8 Å². The van der Waals surface area contributed by atoms with Gasteiger partial charge in [-0.05, 0) is 24.0 Å². The highest BCUT2D eigenvalue weighted by molar-refractivity contribution is 5.90. The number of hydrogen-bond acceptors (Lipinski definition) is 2. The van der Waals surface area contributed by atoms with Crippen molar-refractivity contribution in [3.8, 4) is 0 Å². The van der Waals surface area contributed by atoms with E-state index in [1.54, 1.807) is 0 Å². The standard InChI is InChI=1S/C22H28N2O2/c1-4-22(2,3)21(26)24-19(18-13-9-6-10-14-18)20(25)23-16-15-17-11-7-5-8-12-17/h5-14,19H,4,15-16H2,1-3H3,(H,23,25)(H,24,26). The van der Waals surface area contributed by atoms with Crippen LogP contribution in [0, 0.1) is 5.41 Å². The van der Waals surface area contributed by atoms with Gasteiger partial charge in [-0.2, -0.15) is 0 Å². The van der Waals surface area contributed by atoms with E-state index >= 15 is 0 Å². The quantitative estimate of drug-likeness (QED) is 0.762. The van der Waals surface area contributed by atoms with Crippen molar-refractivity contribution in [2.45, 2.75) is 39.7 Å². The van der Waals surface area contributed by atoms with Gasteiger partial charge in [-0.25, -0.2) is 0 Å². The van der Waals surface area contributed by atoms with Crippen LogP contribution in [-0.4, -0.2) is 18.4 Å². The fraction of sp³-hybridized carbons (Fsp3) is 0.364. The zero-order valence-corrected chi connectivity index (χ0v) is 15.8. The van der Waals surface area contributed by atoms with E-state index in [0.717, 1.165) is 12.0 Å². The van der Waals surface area contributed by atoms with Gasteiger partial charge < -0.3 is 10.6 Å². The van der Waals surface area contributed by atoms with Crippen LogP contribution < -0.4 is 10.6 Å². The summed E-state index contributed by atoms with van der Waals surface area (Å²) in [5, 5.41) is 5.87. The number of amides is 2. The molecule has 0 aliphatic heterocycles. The van der Waals surface area contributed by atoms with Gasteiger partial charge in [0.1, 0.15) is 6.04 Å². The highest BCUT2D eigenvalue weighted by atomic mass is 16.2. The Morgan fingerprint density at radius 1 is 0.962 bits per heavy atom. The van der Waals surface area contributed by atoms with Gasteiger partial charge in [0.15, 0.2) is 0 Å². The number of carbonyl (C=O) groups is 2. The topological polar surface area (TPSA) is 58.2 Å². The van der Waals surface area contributed by atoms with Gasteiger partial charge in [-0.3, -0.25) is 9.59 Å². The van der Waals surface area contributed by atoms with E-state index in [9.17, 15) is 9.59 Å². The summed E-state index contributed by atoms with van der Waals surface area (Å²) in [6.45, 7) is 6.27. The summed E-state index contributed by atoms with van der Waals surface area (Å²) in [7, 11) is 0. The van der Waals surface area contributed by atoms with Crippen LogP contribution in [0.25, 0.3) is 0 Å². The molecule has 2 N–H and O–H groups in total. The summed E-state index contributed by atoms with van der Waals surface area (Å²) in [4.78, 5) is 25.3. The second kappa shape index (κ2) is 9.18. The largest absolute Gasteiger partial charge is 0.354 e. The fourth-order valence-electron chi connectivity index (χ4n) is 2.51. The molecule has 26 heavy (non-hydrogen) atoms. The number of benzene rings is 2. The SMILES string of the molecule is CCC(C)(C)C(=O)NC(C(=O)NCCc1ccccc1)c1ccccc1. The third-order valence-electron chi connectivity index (χ3n) is 4.72. The molecule has 0 fully saturated rings. The van der Waals surface area contributed by atoms with Crippen molar-refractivity contribution in [2.24, 2.45) is 5.41 Å². The summed E-state index contributed by atoms with van der Waals surface area (Å²) in [6.07, 6.45) is 1.46. The first-order valence-corrected chi connectivity index (χ1v) is 9.11. The van der Waals surface area contributed by atoms with Crippen LogP contribution in [0.1, 0.15) is 44.4 Å². The van der Waals surface area contributed by atoms with E-state index in [0.29, 0.717) is 13.0 Å². The Morgan fingerprint density at radius 3 is 2.12 bits per heavy atom. The molecular weight excluding hydrogens is 324 g/mol. The lowest BCUT2D eigenvalue weighted by atomic mass is 9.88. The highest BCUT2D eigenvalue weighted by Crippen LogP contribution is 2.22. The van der Waals surface area contributed by atoms with Gasteiger partial charge in [-0.1, -0.05) is 81.4 Å². The average Bonchev–Trinajstić information content (AvgIpc) is 2.67. The lowest BCUT2D eigenvalue weighted by Crippen LogP contribution is -2.45. The molecule has 0 radical (unpaired) electrons. The third-order valence-corrected chi connectivity index (χ3v) is 4.72. The van der Waals surface area contributed by atoms with Crippen molar-refractivity contribution in [1.29, 1.82) is 0 Å². The molecule has 2 amide bonds. The maximum absolute atomic E-state index is 12.8. The van der Waals surface area contributed by atoms with Crippen molar-refractivity contribution in [2.75, 3.05) is 6.54 Å². The van der Waals surface area contributed by atoms with E-state index in [-0.39, 0.29) is 11.8 Å². The molecule has 0 saturated carbocycles. The van der Waals surface area contributed by atoms with Crippen molar-refractivity contribution in [1.82, 2.24) is 10.6 Å². The van der Waals surface area contributed by atoms with Gasteiger partial charge in [0, 0.05) is 12.0 Å². The molecule has 0 spiro atoms. The first-order valence-electron chi connectivity index (χ1n) is 9.11. The van der Waals surface area contributed by atoms with Gasteiger partial charge in [0.2, 0.25) is 11.8 Å². The van der Waals surface area contributed by atoms with Gasteiger partial charge in [-0.15, -0.1) is 0 Å². The van der Waals surface area contributed by atoms with Crippen LogP contribution in [0.5, 0.6) is 0 Å². The number of rotatable bonds is 8. The van der Waals surface area contributed by atoms with Crippen LogP contribution in [0.15, 0.2) is 60.7 Å². The lowest BCUT2D eigenvalue weighted by molar-refractivity contribution is -0.134.